The van der Waals surface area contributed by atoms with Crippen molar-refractivity contribution in [2.45, 2.75) is 0 Å². The van der Waals surface area contributed by atoms with Crippen LogP contribution < -0.4 is 5.32 Å². The van der Waals surface area contributed by atoms with Crippen molar-refractivity contribution in [1.82, 2.24) is 5.16 Å². The predicted octanol–water partition coefficient (Wildman–Crippen LogP) is 1.91. The second-order valence-corrected chi connectivity index (χ2v) is 3.06. The molecule has 1 N–H and O–H groups in total. The molecule has 78 valence electrons. The monoisotopic (exact) mass is 212 g/mol. The molecule has 0 spiro atoms. The molecular formula is C12H8N2O2. The molecule has 1 heterocycles. The first kappa shape index (κ1) is 9.99. The Morgan fingerprint density at radius 3 is 3.00 bits per heavy atom. The summed E-state index contributed by atoms with van der Waals surface area (Å²) in [6.07, 6.45) is 6.66. The second-order valence-electron chi connectivity index (χ2n) is 3.06. The summed E-state index contributed by atoms with van der Waals surface area (Å²) in [5.41, 5.74) is 1.33. The van der Waals surface area contributed by atoms with Gasteiger partial charge < -0.3 is 9.84 Å². The van der Waals surface area contributed by atoms with Crippen LogP contribution in [0.1, 0.15) is 16.1 Å². The SMILES string of the molecule is C#Cc1cccc(NC(=O)c2ccno2)c1. The Labute approximate surface area is 92.3 Å². The highest BCUT2D eigenvalue weighted by Crippen LogP contribution is 2.11. The maximum absolute atomic E-state index is 11.6. The number of aromatic nitrogens is 1. The first-order valence-electron chi connectivity index (χ1n) is 4.58. The van der Waals surface area contributed by atoms with E-state index in [0.717, 1.165) is 0 Å². The molecule has 0 saturated carbocycles. The summed E-state index contributed by atoms with van der Waals surface area (Å²) < 4.78 is 4.72. The molecule has 2 aromatic rings. The lowest BCUT2D eigenvalue weighted by Gasteiger charge is -2.02. The van der Waals surface area contributed by atoms with Gasteiger partial charge in [-0.2, -0.15) is 0 Å². The topological polar surface area (TPSA) is 55.1 Å². The van der Waals surface area contributed by atoms with Gasteiger partial charge in [0.05, 0.1) is 6.20 Å². The van der Waals surface area contributed by atoms with Gasteiger partial charge in [0.2, 0.25) is 5.76 Å². The van der Waals surface area contributed by atoms with E-state index in [1.807, 2.05) is 0 Å². The minimum Gasteiger partial charge on any atom is -0.351 e. The van der Waals surface area contributed by atoms with Crippen LogP contribution in [-0.2, 0) is 0 Å². The third-order valence-corrected chi connectivity index (χ3v) is 1.95. The summed E-state index contributed by atoms with van der Waals surface area (Å²) in [5, 5.41) is 6.10. The van der Waals surface area contributed by atoms with Gasteiger partial charge in [-0.15, -0.1) is 6.42 Å². The highest BCUT2D eigenvalue weighted by atomic mass is 16.5. The lowest BCUT2D eigenvalue weighted by atomic mass is 10.2. The average molecular weight is 212 g/mol. The highest BCUT2D eigenvalue weighted by molar-refractivity contribution is 6.02. The molecule has 0 fully saturated rings. The van der Waals surface area contributed by atoms with Gasteiger partial charge in [-0.3, -0.25) is 4.79 Å². The second kappa shape index (κ2) is 4.32. The fourth-order valence-corrected chi connectivity index (χ4v) is 1.21. The van der Waals surface area contributed by atoms with Gasteiger partial charge in [0.1, 0.15) is 0 Å². The molecule has 0 atom stereocenters. The Hall–Kier alpha value is -2.54. The van der Waals surface area contributed by atoms with E-state index in [9.17, 15) is 4.79 Å². The summed E-state index contributed by atoms with van der Waals surface area (Å²) in [5.74, 6) is 2.29. The van der Waals surface area contributed by atoms with Crippen molar-refractivity contribution < 1.29 is 9.32 Å². The Morgan fingerprint density at radius 2 is 2.31 bits per heavy atom. The zero-order valence-electron chi connectivity index (χ0n) is 8.31. The molecule has 0 saturated heterocycles. The molecule has 0 aliphatic heterocycles. The molecular weight excluding hydrogens is 204 g/mol. The van der Waals surface area contributed by atoms with Crippen molar-refractivity contribution in [3.8, 4) is 12.3 Å². The normalized spacial score (nSPS) is 9.44. The number of amides is 1. The Bertz CT molecular complexity index is 538. The van der Waals surface area contributed by atoms with Crippen LogP contribution in [-0.4, -0.2) is 11.1 Å². The van der Waals surface area contributed by atoms with Crippen LogP contribution in [0.3, 0.4) is 0 Å². The lowest BCUT2D eigenvalue weighted by Crippen LogP contribution is -2.10. The summed E-state index contributed by atoms with van der Waals surface area (Å²) in [7, 11) is 0. The van der Waals surface area contributed by atoms with Crippen LogP contribution >= 0.6 is 0 Å². The van der Waals surface area contributed by atoms with Gasteiger partial charge in [0, 0.05) is 17.3 Å². The number of hydrogen-bond acceptors (Lipinski definition) is 3. The van der Waals surface area contributed by atoms with Crippen LogP contribution in [0.2, 0.25) is 0 Å². The summed E-state index contributed by atoms with van der Waals surface area (Å²) in [6.45, 7) is 0. The van der Waals surface area contributed by atoms with Gasteiger partial charge in [-0.1, -0.05) is 17.1 Å². The number of carbonyl (C=O) groups excluding carboxylic acids is 1. The van der Waals surface area contributed by atoms with Crippen molar-refractivity contribution in [1.29, 1.82) is 0 Å². The van der Waals surface area contributed by atoms with Crippen LogP contribution in [0.5, 0.6) is 0 Å². The number of benzene rings is 1. The summed E-state index contributed by atoms with van der Waals surface area (Å²) >= 11 is 0. The number of nitrogens with zero attached hydrogens (tertiary/aromatic N) is 1. The zero-order chi connectivity index (χ0) is 11.4. The third-order valence-electron chi connectivity index (χ3n) is 1.95. The van der Waals surface area contributed by atoms with Gasteiger partial charge in [0.25, 0.3) is 5.91 Å². The van der Waals surface area contributed by atoms with Crippen LogP contribution in [0.25, 0.3) is 0 Å². The highest BCUT2D eigenvalue weighted by Gasteiger charge is 2.09. The zero-order valence-corrected chi connectivity index (χ0v) is 8.31. The molecule has 1 aromatic heterocycles. The first-order chi connectivity index (χ1) is 7.79. The third kappa shape index (κ3) is 2.10. The molecule has 4 heteroatoms. The van der Waals surface area contributed by atoms with E-state index in [2.05, 4.69) is 16.4 Å². The molecule has 0 aliphatic rings. The van der Waals surface area contributed by atoms with Crippen LogP contribution in [0.4, 0.5) is 5.69 Å². The summed E-state index contributed by atoms with van der Waals surface area (Å²) in [4.78, 5) is 11.6. The average Bonchev–Trinajstić information content (AvgIpc) is 2.83. The van der Waals surface area contributed by atoms with Crippen molar-refractivity contribution in [3.05, 3.63) is 47.9 Å². The van der Waals surface area contributed by atoms with E-state index in [1.54, 1.807) is 24.3 Å². The van der Waals surface area contributed by atoms with Crippen molar-refractivity contribution >= 4 is 11.6 Å². The van der Waals surface area contributed by atoms with Gasteiger partial charge >= 0.3 is 0 Å². The molecule has 16 heavy (non-hydrogen) atoms. The molecule has 0 radical (unpaired) electrons. The molecule has 1 aromatic carbocycles. The quantitative estimate of drug-likeness (QED) is 0.773. The van der Waals surface area contributed by atoms with E-state index >= 15 is 0 Å². The fraction of sp³-hybridized carbons (Fsp3) is 0. The Morgan fingerprint density at radius 1 is 1.44 bits per heavy atom. The number of rotatable bonds is 2. The molecule has 1 amide bonds. The van der Waals surface area contributed by atoms with E-state index in [1.165, 1.54) is 12.3 Å². The first-order valence-corrected chi connectivity index (χ1v) is 4.58. The maximum atomic E-state index is 11.6. The molecule has 0 aliphatic carbocycles. The number of nitrogens with one attached hydrogen (secondary N) is 1. The standard InChI is InChI=1S/C12H8N2O2/c1-2-9-4-3-5-10(8-9)14-12(15)11-6-7-13-16-11/h1,3-8H,(H,14,15). The largest absolute Gasteiger partial charge is 0.351 e. The Kier molecular flexibility index (Phi) is 2.70. The molecule has 2 rings (SSSR count). The van der Waals surface area contributed by atoms with Crippen LogP contribution in [0, 0.1) is 12.3 Å². The summed E-state index contributed by atoms with van der Waals surface area (Å²) in [6, 6.07) is 8.49. The van der Waals surface area contributed by atoms with Gasteiger partial charge in [-0.25, -0.2) is 0 Å². The van der Waals surface area contributed by atoms with Crippen molar-refractivity contribution in [2.24, 2.45) is 0 Å². The number of anilines is 1. The molecule has 4 nitrogen and oxygen atoms in total. The van der Waals surface area contributed by atoms with E-state index in [0.29, 0.717) is 11.3 Å². The van der Waals surface area contributed by atoms with Crippen molar-refractivity contribution in [2.75, 3.05) is 5.32 Å². The van der Waals surface area contributed by atoms with E-state index in [-0.39, 0.29) is 11.7 Å². The van der Waals surface area contributed by atoms with Crippen LogP contribution in [0.15, 0.2) is 41.1 Å². The molecule has 0 unspecified atom stereocenters. The number of terminal acetylenes is 1. The van der Waals surface area contributed by atoms with Gasteiger partial charge in [-0.05, 0) is 18.2 Å². The smallest absolute Gasteiger partial charge is 0.294 e. The van der Waals surface area contributed by atoms with Gasteiger partial charge in [0.15, 0.2) is 0 Å². The predicted molar refractivity (Wildman–Crippen MR) is 58.8 cm³/mol. The lowest BCUT2D eigenvalue weighted by molar-refractivity contribution is 0.0988. The Balaban J connectivity index is 2.16. The van der Waals surface area contributed by atoms with E-state index in [4.69, 9.17) is 10.9 Å². The van der Waals surface area contributed by atoms with E-state index < -0.39 is 0 Å². The fourth-order valence-electron chi connectivity index (χ4n) is 1.21. The van der Waals surface area contributed by atoms with Crippen molar-refractivity contribution in [3.63, 3.8) is 0 Å². The number of carbonyl (C=O) groups is 1. The number of hydrogen-bond donors (Lipinski definition) is 1. The molecule has 0 bridgehead atoms. The minimum absolute atomic E-state index is 0.158. The maximum Gasteiger partial charge on any atom is 0.294 e. The minimum atomic E-state index is -0.355.